The van der Waals surface area contributed by atoms with Crippen LogP contribution in [0.15, 0.2) is 95.8 Å². The molecule has 0 saturated carbocycles. The fourth-order valence-corrected chi connectivity index (χ4v) is 3.67. The maximum Gasteiger partial charge on any atom is 0.412 e. The van der Waals surface area contributed by atoms with Gasteiger partial charge < -0.3 is 46.1 Å². The lowest BCUT2D eigenvalue weighted by Crippen LogP contribution is -2.27. The van der Waals surface area contributed by atoms with Crippen molar-refractivity contribution in [3.63, 3.8) is 0 Å². The highest BCUT2D eigenvalue weighted by Crippen LogP contribution is 2.14. The molecule has 0 bridgehead atoms. The van der Waals surface area contributed by atoms with Crippen LogP contribution >= 0.6 is 0 Å². The van der Waals surface area contributed by atoms with E-state index in [0.717, 1.165) is 47.6 Å². The number of unbranched alkanes of at least 4 members (excludes halogenated alkanes) is 1. The van der Waals surface area contributed by atoms with Crippen LogP contribution in [0.1, 0.15) is 128 Å². The molecule has 1 heterocycles. The van der Waals surface area contributed by atoms with E-state index in [1.165, 1.54) is 0 Å². The summed E-state index contributed by atoms with van der Waals surface area (Å²) in [7, 11) is 5.53. The summed E-state index contributed by atoms with van der Waals surface area (Å²) < 4.78 is 12.0. The summed E-state index contributed by atoms with van der Waals surface area (Å²) in [6.07, 6.45) is 21.1. The molecule has 0 aliphatic heterocycles. The van der Waals surface area contributed by atoms with E-state index >= 15 is 0 Å². The lowest BCUT2D eigenvalue weighted by molar-refractivity contribution is -0.138. The summed E-state index contributed by atoms with van der Waals surface area (Å²) in [6.45, 7) is 32.8. The molecule has 1 aromatic rings. The number of anilines is 1. The molecule has 1 aromatic heterocycles. The number of aliphatic hydroxyl groups is 1. The molecular weight excluding hydrogens is 803 g/mol. The maximum absolute atomic E-state index is 11.5. The smallest absolute Gasteiger partial charge is 0.412 e. The molecule has 364 valence electrons. The van der Waals surface area contributed by atoms with E-state index in [1.807, 2.05) is 146 Å². The lowest BCUT2D eigenvalue weighted by Gasteiger charge is -2.19. The molecule has 0 fully saturated rings. The van der Waals surface area contributed by atoms with Crippen molar-refractivity contribution in [1.82, 2.24) is 25.8 Å². The molecule has 63 heavy (non-hydrogen) atoms. The molecule has 0 aliphatic carbocycles. The number of nitrogens with two attached hydrogens (primary N) is 1. The van der Waals surface area contributed by atoms with Gasteiger partial charge in [0.1, 0.15) is 25.2 Å². The number of amides is 3. The lowest BCUT2D eigenvalue weighted by atomic mass is 10.1. The number of aryl methyl sites for hydroxylation is 2. The first-order valence-corrected chi connectivity index (χ1v) is 21.5. The molecule has 0 radical (unpaired) electrons. The van der Waals surface area contributed by atoms with Gasteiger partial charge in [0.25, 0.3) is 0 Å². The molecule has 15 heteroatoms. The van der Waals surface area contributed by atoms with Gasteiger partial charge in [0.15, 0.2) is 0 Å². The van der Waals surface area contributed by atoms with Gasteiger partial charge in [0.2, 0.25) is 12.8 Å². The van der Waals surface area contributed by atoms with E-state index in [-0.39, 0.29) is 25.7 Å². The quantitative estimate of drug-likeness (QED) is 0.0184. The van der Waals surface area contributed by atoms with Crippen LogP contribution in [-0.2, 0) is 35.7 Å². The van der Waals surface area contributed by atoms with Crippen LogP contribution in [0.5, 0.6) is 0 Å². The Balaban J connectivity index is -0.000000125. The molecule has 0 saturated heterocycles. The zero-order chi connectivity index (χ0) is 50.7. The Morgan fingerprint density at radius 2 is 1.48 bits per heavy atom. The standard InChI is InChI=1S/C12H19NO2.C11H18N2O2.C9H16N2O.C9H15NO2.3C2H6.CH3NO/c1-5-8-15-12(14)10(6-2)9-11(7-3)13-4;1-8-6-9(7-13(8)5)12-10(14)15-11(2,3)4;1-3-4-5-6-9(7-10-2)11-8-12;1-3-8(6-11)5-9(4-2)10-7-12;3*1-2;2-1-3/h5,7,9,13H,1,6,8H2,2-4H3;6-7H,1-5H3,(H,12,14);5-8,10H,3-4H2,1-2H3,(H,11,12);4-6,10,12H,3,7H2,1-2H3;3*1-2H3;1H,(H2,2,3)/b10-9+,11-7+;;6-5+,9-7+;8-5+,9-4+;;;;. The number of aromatic nitrogens is 1. The molecule has 0 unspecified atom stereocenters. The first-order valence-electron chi connectivity index (χ1n) is 21.5. The van der Waals surface area contributed by atoms with Gasteiger partial charge in [0.05, 0.1) is 11.4 Å². The van der Waals surface area contributed by atoms with Crippen molar-refractivity contribution in [2.75, 3.05) is 32.7 Å². The molecule has 0 atom stereocenters. The van der Waals surface area contributed by atoms with Crippen molar-refractivity contribution in [3.05, 3.63) is 102 Å². The number of aldehydes is 1. The first-order chi connectivity index (χ1) is 30.0. The highest BCUT2D eigenvalue weighted by atomic mass is 16.6. The number of allylic oxidation sites excluding steroid dienone is 7. The van der Waals surface area contributed by atoms with Gasteiger partial charge in [0, 0.05) is 56.2 Å². The number of nitrogens with zero attached hydrogens (tertiary/aromatic N) is 1. The number of likely N-dealkylation sites (N-methyl/N-ethyl adjacent to an activating group) is 1. The Morgan fingerprint density at radius 1 is 0.921 bits per heavy atom. The van der Waals surface area contributed by atoms with Gasteiger partial charge in [-0.2, -0.15) is 0 Å². The van der Waals surface area contributed by atoms with Crippen LogP contribution in [0.4, 0.5) is 10.5 Å². The Kier molecular flexibility index (Phi) is 61.6. The molecule has 1 rings (SSSR count). The number of carbonyl (C=O) groups is 5. The Bertz CT molecular complexity index is 1460. The van der Waals surface area contributed by atoms with Crippen molar-refractivity contribution in [1.29, 1.82) is 0 Å². The number of nitrogens with one attached hydrogen (secondary N) is 5. The second-order valence-electron chi connectivity index (χ2n) is 12.3. The van der Waals surface area contributed by atoms with Crippen molar-refractivity contribution in [3.8, 4) is 0 Å². The minimum absolute atomic E-state index is 0.119. The normalized spacial score (nSPS) is 10.7. The predicted molar refractivity (Wildman–Crippen MR) is 265 cm³/mol. The van der Waals surface area contributed by atoms with Crippen LogP contribution in [0.25, 0.3) is 0 Å². The number of esters is 1. The van der Waals surface area contributed by atoms with Gasteiger partial charge in [-0.3, -0.25) is 19.7 Å². The molecular formula is C48H89N7O8. The topological polar surface area (TPSA) is 215 Å². The van der Waals surface area contributed by atoms with Crippen LogP contribution in [0.2, 0.25) is 0 Å². The summed E-state index contributed by atoms with van der Waals surface area (Å²) in [4.78, 5) is 52.0. The van der Waals surface area contributed by atoms with Gasteiger partial charge in [-0.15, -0.1) is 0 Å². The third kappa shape index (κ3) is 50.4. The van der Waals surface area contributed by atoms with Crippen LogP contribution in [0, 0.1) is 6.92 Å². The highest BCUT2D eigenvalue weighted by molar-refractivity contribution is 5.89. The number of ether oxygens (including phenoxy) is 2. The van der Waals surface area contributed by atoms with Gasteiger partial charge in [-0.05, 0) is 90.7 Å². The number of rotatable bonds is 18. The van der Waals surface area contributed by atoms with E-state index in [9.17, 15) is 19.2 Å². The third-order valence-electron chi connectivity index (χ3n) is 6.58. The Labute approximate surface area is 382 Å². The molecule has 8 N–H and O–H groups in total. The zero-order valence-electron chi connectivity index (χ0n) is 42.3. The monoisotopic (exact) mass is 892 g/mol. The largest absolute Gasteiger partial charge is 0.458 e. The summed E-state index contributed by atoms with van der Waals surface area (Å²) >= 11 is 0. The number of hydrogen-bond acceptors (Lipinski definition) is 11. The number of aliphatic hydroxyl groups excluding tert-OH is 1. The minimum atomic E-state index is -0.464. The second kappa shape index (κ2) is 54.2. The van der Waals surface area contributed by atoms with Gasteiger partial charge in [-0.25, -0.2) is 9.59 Å². The Hall–Kier alpha value is -5.83. The average molecular weight is 892 g/mol. The number of primary amides is 1. The van der Waals surface area contributed by atoms with Gasteiger partial charge in [-0.1, -0.05) is 99.6 Å². The summed E-state index contributed by atoms with van der Waals surface area (Å²) in [5, 5.41) is 22.4. The van der Waals surface area contributed by atoms with Crippen molar-refractivity contribution < 1.29 is 38.6 Å². The van der Waals surface area contributed by atoms with Crippen LogP contribution in [0.3, 0.4) is 0 Å². The molecule has 0 aliphatic rings. The molecule has 15 nitrogen and oxygen atoms in total. The summed E-state index contributed by atoms with van der Waals surface area (Å²) in [5.74, 6) is -0.285. The zero-order valence-corrected chi connectivity index (χ0v) is 42.3. The first kappa shape index (κ1) is 71.7. The fourth-order valence-electron chi connectivity index (χ4n) is 3.67. The van der Waals surface area contributed by atoms with Crippen molar-refractivity contribution >= 4 is 36.9 Å². The van der Waals surface area contributed by atoms with E-state index < -0.39 is 11.7 Å². The summed E-state index contributed by atoms with van der Waals surface area (Å²) in [5.41, 5.74) is 9.35. The number of carbonyl (C=O) groups excluding carboxylic acids is 5. The molecule has 0 spiro atoms. The van der Waals surface area contributed by atoms with E-state index in [1.54, 1.807) is 37.6 Å². The third-order valence-corrected chi connectivity index (χ3v) is 6.58. The summed E-state index contributed by atoms with van der Waals surface area (Å²) in [6, 6.07) is 1.89. The molecule has 3 amide bonds. The fraction of sp³-hybridized carbons (Fsp3) is 0.521. The minimum Gasteiger partial charge on any atom is -0.458 e. The van der Waals surface area contributed by atoms with Crippen molar-refractivity contribution in [2.24, 2.45) is 12.8 Å². The SMILES string of the molecule is C/C=C(\C=C(\C=O)CC)NCO.C=CCOC(=O)/C(=C/C(=C\C)NC)CC.CC.CC.CC.CCC/C=C/C(=C\NC)NC=O.Cc1cc(NC(=O)OC(C)(C)C)cn1C.NC=O. The van der Waals surface area contributed by atoms with Crippen molar-refractivity contribution in [2.45, 2.75) is 135 Å². The van der Waals surface area contributed by atoms with E-state index in [4.69, 9.17) is 19.4 Å². The second-order valence-corrected chi connectivity index (χ2v) is 12.3. The Morgan fingerprint density at radius 3 is 1.83 bits per heavy atom. The average Bonchev–Trinajstić information content (AvgIpc) is 3.59. The number of hydrogen-bond donors (Lipinski definition) is 7. The predicted octanol–water partition coefficient (Wildman–Crippen LogP) is 9.15. The highest BCUT2D eigenvalue weighted by Gasteiger charge is 2.16. The maximum atomic E-state index is 11.5. The van der Waals surface area contributed by atoms with Crippen LogP contribution in [-0.4, -0.2) is 73.9 Å². The molecule has 0 aromatic carbocycles. The van der Waals surface area contributed by atoms with Crippen LogP contribution < -0.4 is 32.3 Å². The van der Waals surface area contributed by atoms with E-state index in [0.29, 0.717) is 30.4 Å². The van der Waals surface area contributed by atoms with Gasteiger partial charge >= 0.3 is 12.1 Å². The van der Waals surface area contributed by atoms with E-state index in [2.05, 4.69) is 45.8 Å².